The van der Waals surface area contributed by atoms with Crippen LogP contribution in [0.3, 0.4) is 0 Å². The number of benzene rings is 1. The highest BCUT2D eigenvalue weighted by Gasteiger charge is 2.50. The van der Waals surface area contributed by atoms with Crippen LogP contribution in [0, 0.1) is 5.82 Å². The normalized spacial score (nSPS) is 19.1. The number of amides is 3. The van der Waals surface area contributed by atoms with E-state index in [0.29, 0.717) is 5.56 Å². The van der Waals surface area contributed by atoms with E-state index in [1.54, 1.807) is 0 Å². The van der Waals surface area contributed by atoms with Crippen LogP contribution < -0.4 is 10.2 Å². The van der Waals surface area contributed by atoms with Crippen LogP contribution in [0.15, 0.2) is 36.5 Å². The number of rotatable bonds is 5. The Hall–Kier alpha value is -3.21. The van der Waals surface area contributed by atoms with Gasteiger partial charge in [0, 0.05) is 26.2 Å². The second kappa shape index (κ2) is 8.97. The Morgan fingerprint density at radius 2 is 1.88 bits per heavy atom. The summed E-state index contributed by atoms with van der Waals surface area (Å²) >= 11 is 5.72. The highest BCUT2D eigenvalue weighted by Crippen LogP contribution is 2.32. The summed E-state index contributed by atoms with van der Waals surface area (Å²) < 4.78 is 53.0. The van der Waals surface area contributed by atoms with Crippen molar-refractivity contribution in [1.82, 2.24) is 15.2 Å². The molecular formula is C21H19ClF4N4O3. The molecule has 0 spiro atoms. The number of carbonyl (C=O) groups excluding carboxylic acids is 3. The van der Waals surface area contributed by atoms with Gasteiger partial charge in [0.1, 0.15) is 12.1 Å². The van der Waals surface area contributed by atoms with Crippen molar-refractivity contribution in [2.24, 2.45) is 0 Å². The van der Waals surface area contributed by atoms with E-state index in [1.807, 2.05) is 0 Å². The topological polar surface area (TPSA) is 82.6 Å². The predicted octanol–water partition coefficient (Wildman–Crippen LogP) is 3.16. The summed E-state index contributed by atoms with van der Waals surface area (Å²) in [6, 6.07) is 5.09. The van der Waals surface area contributed by atoms with Crippen molar-refractivity contribution in [3.8, 4) is 0 Å². The molecule has 2 heterocycles. The fraction of sp³-hybridized carbons (Fsp3) is 0.333. The zero-order valence-corrected chi connectivity index (χ0v) is 18.3. The molecule has 176 valence electrons. The van der Waals surface area contributed by atoms with Gasteiger partial charge in [-0.3, -0.25) is 19.3 Å². The lowest BCUT2D eigenvalue weighted by Gasteiger charge is -2.47. The van der Waals surface area contributed by atoms with Crippen LogP contribution in [-0.4, -0.2) is 46.2 Å². The maximum absolute atomic E-state index is 14.5. The maximum atomic E-state index is 14.5. The second-order valence-electron chi connectivity index (χ2n) is 7.71. The largest absolute Gasteiger partial charge is 0.416 e. The lowest BCUT2D eigenvalue weighted by molar-refractivity contribution is -0.151. The third kappa shape index (κ3) is 5.08. The number of carbonyl (C=O) groups is 3. The molecule has 0 bridgehead atoms. The third-order valence-corrected chi connectivity index (χ3v) is 5.45. The molecule has 1 atom stereocenters. The molecule has 0 unspecified atom stereocenters. The van der Waals surface area contributed by atoms with E-state index in [9.17, 15) is 31.9 Å². The first-order valence-corrected chi connectivity index (χ1v) is 10.0. The first-order valence-electron chi connectivity index (χ1n) is 9.67. The lowest BCUT2D eigenvalue weighted by Crippen LogP contribution is -2.70. The molecular weight excluding hydrogens is 468 g/mol. The molecule has 2 aromatic rings. The van der Waals surface area contributed by atoms with E-state index in [4.69, 9.17) is 11.6 Å². The number of pyridine rings is 1. The van der Waals surface area contributed by atoms with Crippen LogP contribution in [0.4, 0.5) is 23.4 Å². The van der Waals surface area contributed by atoms with Crippen LogP contribution in [0.5, 0.6) is 0 Å². The number of aromatic nitrogens is 1. The molecule has 7 nitrogen and oxygen atoms in total. The van der Waals surface area contributed by atoms with Crippen LogP contribution >= 0.6 is 11.6 Å². The van der Waals surface area contributed by atoms with Gasteiger partial charge < -0.3 is 10.2 Å². The molecule has 1 N–H and O–H groups in total. The summed E-state index contributed by atoms with van der Waals surface area (Å²) in [7, 11) is 0. The third-order valence-electron chi connectivity index (χ3n) is 5.24. The van der Waals surface area contributed by atoms with Gasteiger partial charge >= 0.3 is 6.18 Å². The molecule has 33 heavy (non-hydrogen) atoms. The van der Waals surface area contributed by atoms with Gasteiger partial charge in [-0.1, -0.05) is 23.7 Å². The fourth-order valence-electron chi connectivity index (χ4n) is 3.46. The minimum atomic E-state index is -4.52. The SMILES string of the molecule is CC(=O)NC[C@@]1(C)C(=O)N(c2ncc(Cl)cc2F)CC(=O)N1Cc1ccc(C(F)(F)F)cc1. The van der Waals surface area contributed by atoms with Gasteiger partial charge in [-0.05, 0) is 30.7 Å². The molecule has 3 rings (SSSR count). The lowest BCUT2D eigenvalue weighted by atomic mass is 9.93. The molecule has 1 aromatic carbocycles. The van der Waals surface area contributed by atoms with Crippen molar-refractivity contribution in [3.05, 3.63) is 58.5 Å². The van der Waals surface area contributed by atoms with Gasteiger partial charge in [0.15, 0.2) is 11.6 Å². The van der Waals surface area contributed by atoms with Crippen molar-refractivity contribution in [2.75, 3.05) is 18.0 Å². The zero-order chi connectivity index (χ0) is 24.6. The minimum Gasteiger partial charge on any atom is -0.353 e. The second-order valence-corrected chi connectivity index (χ2v) is 8.14. The number of nitrogens with one attached hydrogen (secondary N) is 1. The number of halogens is 5. The van der Waals surface area contributed by atoms with E-state index in [2.05, 4.69) is 10.3 Å². The van der Waals surface area contributed by atoms with Gasteiger partial charge in [0.25, 0.3) is 5.91 Å². The van der Waals surface area contributed by atoms with Gasteiger partial charge in [0.05, 0.1) is 10.6 Å². The average Bonchev–Trinajstić information content (AvgIpc) is 2.73. The summed E-state index contributed by atoms with van der Waals surface area (Å²) in [5.74, 6) is -3.13. The molecule has 12 heteroatoms. The first kappa shape index (κ1) is 24.4. The molecule has 1 aliphatic heterocycles. The quantitative estimate of drug-likeness (QED) is 0.658. The first-order chi connectivity index (χ1) is 15.3. The minimum absolute atomic E-state index is 0.00280. The smallest absolute Gasteiger partial charge is 0.353 e. The summed E-state index contributed by atoms with van der Waals surface area (Å²) in [6.45, 7) is 1.53. The number of anilines is 1. The number of hydrogen-bond donors (Lipinski definition) is 1. The fourth-order valence-corrected chi connectivity index (χ4v) is 3.61. The van der Waals surface area contributed by atoms with Gasteiger partial charge in [0.2, 0.25) is 11.8 Å². The monoisotopic (exact) mass is 486 g/mol. The average molecular weight is 487 g/mol. The Morgan fingerprint density at radius 3 is 2.42 bits per heavy atom. The van der Waals surface area contributed by atoms with Crippen LogP contribution in [0.1, 0.15) is 25.0 Å². The summed E-state index contributed by atoms with van der Waals surface area (Å²) in [6.07, 6.45) is -3.40. The van der Waals surface area contributed by atoms with Gasteiger partial charge in [-0.15, -0.1) is 0 Å². The van der Waals surface area contributed by atoms with E-state index in [0.717, 1.165) is 34.2 Å². The highest BCUT2D eigenvalue weighted by atomic mass is 35.5. The van der Waals surface area contributed by atoms with Crippen molar-refractivity contribution >= 4 is 35.1 Å². The molecule has 1 aromatic heterocycles. The molecule has 0 radical (unpaired) electrons. The Bertz CT molecular complexity index is 1090. The molecule has 1 aliphatic rings. The Morgan fingerprint density at radius 1 is 1.24 bits per heavy atom. The van der Waals surface area contributed by atoms with Gasteiger partial charge in [-0.25, -0.2) is 9.37 Å². The van der Waals surface area contributed by atoms with E-state index < -0.39 is 53.2 Å². The van der Waals surface area contributed by atoms with Crippen molar-refractivity contribution < 1.29 is 31.9 Å². The van der Waals surface area contributed by atoms with E-state index in [1.165, 1.54) is 26.0 Å². The molecule has 3 amide bonds. The Balaban J connectivity index is 1.96. The Kier molecular flexibility index (Phi) is 6.64. The van der Waals surface area contributed by atoms with Crippen molar-refractivity contribution in [2.45, 2.75) is 32.1 Å². The summed E-state index contributed by atoms with van der Waals surface area (Å²) in [5, 5.41) is 2.48. The maximum Gasteiger partial charge on any atom is 0.416 e. The molecule has 1 fully saturated rings. The number of hydrogen-bond acceptors (Lipinski definition) is 4. The molecule has 0 aliphatic carbocycles. The number of piperazine rings is 1. The summed E-state index contributed by atoms with van der Waals surface area (Å²) in [5.41, 5.74) is -2.19. The predicted molar refractivity (Wildman–Crippen MR) is 111 cm³/mol. The van der Waals surface area contributed by atoms with Crippen LogP contribution in [0.2, 0.25) is 5.02 Å². The summed E-state index contributed by atoms with van der Waals surface area (Å²) in [4.78, 5) is 43.8. The highest BCUT2D eigenvalue weighted by molar-refractivity contribution is 6.30. The zero-order valence-electron chi connectivity index (χ0n) is 17.5. The number of nitrogens with zero attached hydrogens (tertiary/aromatic N) is 3. The Labute approximate surface area is 191 Å². The van der Waals surface area contributed by atoms with Gasteiger partial charge in [-0.2, -0.15) is 13.2 Å². The van der Waals surface area contributed by atoms with Crippen LogP contribution in [0.25, 0.3) is 0 Å². The van der Waals surface area contributed by atoms with E-state index >= 15 is 0 Å². The molecule has 1 saturated heterocycles. The van der Waals surface area contributed by atoms with E-state index in [-0.39, 0.29) is 18.1 Å². The standard InChI is InChI=1S/C21H19ClF4N4O3/c1-12(31)28-11-20(2)19(33)29(18-16(23)7-15(22)8-27-18)10-17(32)30(20)9-13-3-5-14(6-4-13)21(24,25)26/h3-8H,9-11H2,1-2H3,(H,28,31)/t20-/m0/s1. The molecule has 0 saturated carbocycles. The van der Waals surface area contributed by atoms with Crippen LogP contribution in [-0.2, 0) is 27.1 Å². The number of alkyl halides is 3. The van der Waals surface area contributed by atoms with Crippen molar-refractivity contribution in [3.63, 3.8) is 0 Å². The van der Waals surface area contributed by atoms with Crippen molar-refractivity contribution in [1.29, 1.82) is 0 Å².